The number of hydrogen-bond donors (Lipinski definition) is 0. The monoisotopic (exact) mass is 522 g/mol. The van der Waals surface area contributed by atoms with Gasteiger partial charge in [0.1, 0.15) is 0 Å². The van der Waals surface area contributed by atoms with E-state index in [1.807, 2.05) is 36.4 Å². The summed E-state index contributed by atoms with van der Waals surface area (Å²) in [4.78, 5) is 0. The van der Waals surface area contributed by atoms with E-state index in [0.717, 1.165) is 10.4 Å². The molecule has 0 fully saturated rings. The van der Waals surface area contributed by atoms with Gasteiger partial charge in [-0.25, -0.2) is 0 Å². The molecule has 5 nitrogen and oxygen atoms in total. The molecule has 0 unspecified atom stereocenters. The van der Waals surface area contributed by atoms with Crippen LogP contribution in [0, 0.1) is 0 Å². The highest BCUT2D eigenvalue weighted by molar-refractivity contribution is 7.00. The molecule has 0 saturated heterocycles. The van der Waals surface area contributed by atoms with E-state index in [4.69, 9.17) is 20.6 Å². The summed E-state index contributed by atoms with van der Waals surface area (Å²) in [6.07, 6.45) is 0. The van der Waals surface area contributed by atoms with Crippen LogP contribution in [0.3, 0.4) is 0 Å². The largest absolute Gasteiger partial charge is 0.638 e. The molecule has 4 radical (unpaired) electrons. The Morgan fingerprint density at radius 1 is 0.484 bits per heavy atom. The Morgan fingerprint density at radius 2 is 0.806 bits per heavy atom. The molecule has 168 valence electrons. The predicted molar refractivity (Wildman–Crippen MR) is 139 cm³/mol. The second kappa shape index (κ2) is 12.1. The first-order valence-electron chi connectivity index (χ1n) is 10.4. The summed E-state index contributed by atoms with van der Waals surface area (Å²) in [7, 11) is -11.2. The molecule has 0 amide bonds. The summed E-state index contributed by atoms with van der Waals surface area (Å²) in [6, 6.07) is 20.6. The van der Waals surface area contributed by atoms with Crippen LogP contribution in [0.15, 0.2) is 60.7 Å². The summed E-state index contributed by atoms with van der Waals surface area (Å²) in [5.41, 5.74) is 0. The quantitative estimate of drug-likeness (QED) is 0.397. The zero-order valence-electron chi connectivity index (χ0n) is 19.8. The van der Waals surface area contributed by atoms with Crippen molar-refractivity contribution in [3.8, 4) is 0 Å². The van der Waals surface area contributed by atoms with Gasteiger partial charge in [0.15, 0.2) is 36.2 Å². The smallest absolute Gasteiger partial charge is 0.430 e. The molecular weight excluding hydrogens is 489 g/mol. The maximum Gasteiger partial charge on any atom is 0.638 e. The fourth-order valence-electron chi connectivity index (χ4n) is 3.08. The number of hydrogen-bond acceptors (Lipinski definition) is 5. The zero-order chi connectivity index (χ0) is 23.1. The van der Waals surface area contributed by atoms with Crippen LogP contribution in [0.4, 0.5) is 0 Å². The Morgan fingerprint density at radius 3 is 1.10 bits per heavy atom. The fraction of sp³-hybridized carbons (Fsp3) is 0.400. The number of rotatable bonds is 12. The molecule has 0 saturated carbocycles. The third-order valence-electron chi connectivity index (χ3n) is 3.91. The molecule has 0 spiro atoms. The van der Waals surface area contributed by atoms with E-state index in [1.165, 1.54) is 0 Å². The lowest BCUT2D eigenvalue weighted by molar-refractivity contribution is 0.149. The lowest BCUT2D eigenvalue weighted by Gasteiger charge is -2.41. The van der Waals surface area contributed by atoms with Gasteiger partial charge in [0.05, 0.1) is 0 Å². The molecule has 0 heterocycles. The van der Waals surface area contributed by atoms with Crippen LogP contribution in [-0.4, -0.2) is 53.8 Å². The van der Waals surface area contributed by atoms with E-state index in [0.29, 0.717) is 0 Å². The van der Waals surface area contributed by atoms with Crippen LogP contribution >= 0.6 is 0 Å². The fourth-order valence-corrected chi connectivity index (χ4v) is 20.1. The molecule has 0 aliphatic rings. The van der Waals surface area contributed by atoms with Gasteiger partial charge in [-0.1, -0.05) is 60.7 Å². The highest BCUT2D eigenvalue weighted by Crippen LogP contribution is 2.24. The highest BCUT2D eigenvalue weighted by Gasteiger charge is 2.57. The van der Waals surface area contributed by atoms with Crippen molar-refractivity contribution in [3.63, 3.8) is 0 Å². The third-order valence-corrected chi connectivity index (χ3v) is 18.9. The molecule has 0 bridgehead atoms. The zero-order valence-corrected chi connectivity index (χ0v) is 25.8. The van der Waals surface area contributed by atoms with Gasteiger partial charge in [0, 0.05) is 0 Å². The van der Waals surface area contributed by atoms with Gasteiger partial charge in [-0.3, -0.25) is 0 Å². The van der Waals surface area contributed by atoms with E-state index < -0.39 is 53.8 Å². The molecule has 31 heavy (non-hydrogen) atoms. The second-order valence-corrected chi connectivity index (χ2v) is 22.7. The lowest BCUT2D eigenvalue weighted by atomic mass is 10.4. The maximum absolute atomic E-state index is 7.13. The summed E-state index contributed by atoms with van der Waals surface area (Å²) in [6.45, 7) is 16.9. The van der Waals surface area contributed by atoms with Gasteiger partial charge in [0.25, 0.3) is 0 Å². The van der Waals surface area contributed by atoms with Crippen LogP contribution in [0.5, 0.6) is 0 Å². The average Bonchev–Trinajstić information content (AvgIpc) is 2.66. The minimum Gasteiger partial charge on any atom is -0.430 e. The van der Waals surface area contributed by atoms with Crippen molar-refractivity contribution < 1.29 is 20.6 Å². The molecule has 0 aromatic heterocycles. The van der Waals surface area contributed by atoms with Crippen LogP contribution in [-0.2, 0) is 20.6 Å². The first-order valence-corrected chi connectivity index (χ1v) is 23.4. The predicted octanol–water partition coefficient (Wildman–Crippen LogP) is 3.77. The SMILES string of the molecule is C[Si](C)O[Si](O[Si](C)C)(O[Si](C)C)O[Si](O[Si](C)C)(c1ccccc1)c1ccccc1. The number of benzene rings is 2. The van der Waals surface area contributed by atoms with Gasteiger partial charge in [-0.15, -0.1) is 0 Å². The van der Waals surface area contributed by atoms with E-state index in [1.54, 1.807) is 0 Å². The third kappa shape index (κ3) is 7.82. The Balaban J connectivity index is 2.74. The maximum atomic E-state index is 7.13. The van der Waals surface area contributed by atoms with Crippen LogP contribution in [0.2, 0.25) is 52.4 Å². The van der Waals surface area contributed by atoms with E-state index in [9.17, 15) is 0 Å². The van der Waals surface area contributed by atoms with E-state index in [-0.39, 0.29) is 0 Å². The van der Waals surface area contributed by atoms with Crippen molar-refractivity contribution in [2.75, 3.05) is 0 Å². The van der Waals surface area contributed by atoms with Gasteiger partial charge >= 0.3 is 17.6 Å². The standard InChI is InChI=1S/C20H34O5Si6/c1-26(2)21-30(19-15-11-9-12-16-19,20-17-13-10-14-18-20)25-31(22-27(3)4,23-28(5)6)24-29(7)8/h9-18H,1-8H3. The van der Waals surface area contributed by atoms with Crippen molar-refractivity contribution in [1.82, 2.24) is 0 Å². The Hall–Kier alpha value is -0.459. The summed E-state index contributed by atoms with van der Waals surface area (Å²) < 4.78 is 33.6. The first kappa shape index (κ1) is 26.8. The van der Waals surface area contributed by atoms with Gasteiger partial charge < -0.3 is 20.6 Å². The topological polar surface area (TPSA) is 46.2 Å². The summed E-state index contributed by atoms with van der Waals surface area (Å²) >= 11 is 0. The van der Waals surface area contributed by atoms with Gasteiger partial charge in [0.2, 0.25) is 0 Å². The molecule has 2 aromatic rings. The molecule has 0 aliphatic heterocycles. The second-order valence-electron chi connectivity index (χ2n) is 7.99. The molecule has 11 heteroatoms. The van der Waals surface area contributed by atoms with Gasteiger partial charge in [-0.05, 0) is 62.7 Å². The Labute approximate surface area is 197 Å². The van der Waals surface area contributed by atoms with Gasteiger partial charge in [-0.2, -0.15) is 0 Å². The first-order chi connectivity index (χ1) is 14.6. The molecule has 0 N–H and O–H groups in total. The molecule has 0 aliphatic carbocycles. The van der Waals surface area contributed by atoms with Crippen molar-refractivity contribution in [2.45, 2.75) is 52.4 Å². The Kier molecular flexibility index (Phi) is 10.5. The highest BCUT2D eigenvalue weighted by atomic mass is 28.5. The Bertz CT molecular complexity index is 710. The lowest BCUT2D eigenvalue weighted by Crippen LogP contribution is -2.72. The molecular formula is C20H34O5Si6. The molecule has 2 aromatic carbocycles. The normalized spacial score (nSPS) is 13.0. The molecule has 2 rings (SSSR count). The average molecular weight is 523 g/mol. The van der Waals surface area contributed by atoms with Crippen molar-refractivity contribution in [2.24, 2.45) is 0 Å². The van der Waals surface area contributed by atoms with Crippen molar-refractivity contribution in [1.29, 1.82) is 0 Å². The van der Waals surface area contributed by atoms with Crippen LogP contribution in [0.1, 0.15) is 0 Å². The summed E-state index contributed by atoms with van der Waals surface area (Å²) in [5.74, 6) is 0. The molecule has 0 atom stereocenters. The van der Waals surface area contributed by atoms with Crippen molar-refractivity contribution >= 4 is 64.1 Å². The van der Waals surface area contributed by atoms with Crippen LogP contribution in [0.25, 0.3) is 0 Å². The summed E-state index contributed by atoms with van der Waals surface area (Å²) in [5, 5.41) is 2.09. The van der Waals surface area contributed by atoms with Crippen LogP contribution < -0.4 is 10.4 Å². The van der Waals surface area contributed by atoms with E-state index in [2.05, 4.69) is 76.6 Å². The minimum atomic E-state index is -3.46. The van der Waals surface area contributed by atoms with Crippen molar-refractivity contribution in [3.05, 3.63) is 60.7 Å². The minimum absolute atomic E-state index is 1.04. The van der Waals surface area contributed by atoms with E-state index >= 15 is 0 Å².